The highest BCUT2D eigenvalue weighted by atomic mass is 16.2. The van der Waals surface area contributed by atoms with Crippen LogP contribution in [0.15, 0.2) is 24.3 Å². The summed E-state index contributed by atoms with van der Waals surface area (Å²) in [6.07, 6.45) is 9.88. The summed E-state index contributed by atoms with van der Waals surface area (Å²) in [6.45, 7) is 2.45. The van der Waals surface area contributed by atoms with E-state index in [1.807, 2.05) is 24.3 Å². The largest absolute Gasteiger partial charge is 0.328 e. The second kappa shape index (κ2) is 10.6. The van der Waals surface area contributed by atoms with Crippen LogP contribution in [-0.2, 0) is 9.59 Å². The number of carbonyl (C=O) groups is 2. The summed E-state index contributed by atoms with van der Waals surface area (Å²) in [5, 5.41) is 5.94. The zero-order valence-electron chi connectivity index (χ0n) is 16.8. The summed E-state index contributed by atoms with van der Waals surface area (Å²) in [6, 6.07) is 7.50. The highest BCUT2D eigenvalue weighted by molar-refractivity contribution is 5.94. The van der Waals surface area contributed by atoms with Gasteiger partial charge in [0.05, 0.1) is 6.54 Å². The van der Waals surface area contributed by atoms with E-state index in [1.165, 1.54) is 32.1 Å². The Balaban J connectivity index is 1.45. The Labute approximate surface area is 168 Å². The topological polar surface area (TPSA) is 87.5 Å². The van der Waals surface area contributed by atoms with Crippen LogP contribution in [0.25, 0.3) is 0 Å². The van der Waals surface area contributed by atoms with Gasteiger partial charge in [0.15, 0.2) is 0 Å². The normalized spacial score (nSPS) is 24.0. The zero-order chi connectivity index (χ0) is 19.8. The SMILES string of the molecule is NC1CCCC(C(=O)Nc2ccc(NC(=O)CN3CCCCCCC3)cc2)C1. The highest BCUT2D eigenvalue weighted by Gasteiger charge is 2.25. The molecule has 1 saturated heterocycles. The van der Waals surface area contributed by atoms with E-state index in [2.05, 4.69) is 15.5 Å². The van der Waals surface area contributed by atoms with Crippen LogP contribution in [0, 0.1) is 5.92 Å². The van der Waals surface area contributed by atoms with Crippen molar-refractivity contribution in [1.29, 1.82) is 0 Å². The molecule has 2 unspecified atom stereocenters. The maximum atomic E-state index is 12.4. The van der Waals surface area contributed by atoms with Gasteiger partial charge in [-0.2, -0.15) is 0 Å². The van der Waals surface area contributed by atoms with Crippen LogP contribution < -0.4 is 16.4 Å². The van der Waals surface area contributed by atoms with Gasteiger partial charge in [-0.25, -0.2) is 0 Å². The minimum absolute atomic E-state index is 0.000883. The third-order valence-electron chi connectivity index (χ3n) is 5.84. The number of anilines is 2. The standard InChI is InChI=1S/C22H34N4O2/c23-18-8-6-7-17(15-18)22(28)25-20-11-9-19(10-12-20)24-21(27)16-26-13-4-2-1-3-5-14-26/h9-12,17-18H,1-8,13-16,23H2,(H,24,27)(H,25,28). The summed E-state index contributed by atoms with van der Waals surface area (Å²) < 4.78 is 0. The van der Waals surface area contributed by atoms with Crippen LogP contribution >= 0.6 is 0 Å². The molecule has 3 rings (SSSR count). The van der Waals surface area contributed by atoms with Gasteiger partial charge in [0.2, 0.25) is 11.8 Å². The van der Waals surface area contributed by atoms with Crippen LogP contribution in [0.4, 0.5) is 11.4 Å². The van der Waals surface area contributed by atoms with E-state index in [0.717, 1.165) is 50.1 Å². The van der Waals surface area contributed by atoms with E-state index >= 15 is 0 Å². The third-order valence-corrected chi connectivity index (χ3v) is 5.84. The fraction of sp³-hybridized carbons (Fsp3) is 0.636. The molecular formula is C22H34N4O2. The second-order valence-corrected chi connectivity index (χ2v) is 8.28. The van der Waals surface area contributed by atoms with Gasteiger partial charge < -0.3 is 16.4 Å². The van der Waals surface area contributed by atoms with Crippen molar-refractivity contribution >= 4 is 23.2 Å². The molecule has 0 spiro atoms. The van der Waals surface area contributed by atoms with Crippen molar-refractivity contribution in [2.75, 3.05) is 30.3 Å². The number of nitrogens with zero attached hydrogens (tertiary/aromatic N) is 1. The van der Waals surface area contributed by atoms with Crippen molar-refractivity contribution in [1.82, 2.24) is 4.90 Å². The molecule has 28 heavy (non-hydrogen) atoms. The van der Waals surface area contributed by atoms with Gasteiger partial charge in [-0.05, 0) is 69.5 Å². The number of rotatable bonds is 5. The molecule has 2 fully saturated rings. The summed E-state index contributed by atoms with van der Waals surface area (Å²) in [5.41, 5.74) is 7.50. The van der Waals surface area contributed by atoms with Gasteiger partial charge in [0.25, 0.3) is 0 Å². The van der Waals surface area contributed by atoms with Crippen LogP contribution in [-0.4, -0.2) is 42.4 Å². The summed E-state index contributed by atoms with van der Waals surface area (Å²) >= 11 is 0. The van der Waals surface area contributed by atoms with Crippen LogP contribution in [0.1, 0.15) is 57.8 Å². The zero-order valence-corrected chi connectivity index (χ0v) is 16.8. The highest BCUT2D eigenvalue weighted by Crippen LogP contribution is 2.25. The first-order chi connectivity index (χ1) is 13.6. The number of likely N-dealkylation sites (tertiary alicyclic amines) is 1. The smallest absolute Gasteiger partial charge is 0.238 e. The molecule has 154 valence electrons. The molecule has 1 aromatic rings. The van der Waals surface area contributed by atoms with Gasteiger partial charge in [-0.3, -0.25) is 14.5 Å². The molecule has 0 radical (unpaired) electrons. The number of hydrogen-bond acceptors (Lipinski definition) is 4. The van der Waals surface area contributed by atoms with Gasteiger partial charge in [-0.1, -0.05) is 25.7 Å². The lowest BCUT2D eigenvalue weighted by Gasteiger charge is -2.25. The average molecular weight is 387 g/mol. The van der Waals surface area contributed by atoms with Gasteiger partial charge in [0.1, 0.15) is 0 Å². The molecule has 1 heterocycles. The van der Waals surface area contributed by atoms with E-state index < -0.39 is 0 Å². The quantitative estimate of drug-likeness (QED) is 0.724. The monoisotopic (exact) mass is 386 g/mol. The number of benzene rings is 1. The molecule has 1 aromatic carbocycles. The molecule has 2 aliphatic rings. The first kappa shape index (κ1) is 20.8. The van der Waals surface area contributed by atoms with E-state index in [9.17, 15) is 9.59 Å². The summed E-state index contributed by atoms with van der Waals surface area (Å²) in [5.74, 6) is 0.0681. The van der Waals surface area contributed by atoms with E-state index in [4.69, 9.17) is 5.73 Å². The maximum Gasteiger partial charge on any atom is 0.238 e. The molecule has 4 N–H and O–H groups in total. The molecular weight excluding hydrogens is 352 g/mol. The summed E-state index contributed by atoms with van der Waals surface area (Å²) in [7, 11) is 0. The number of nitrogens with one attached hydrogen (secondary N) is 2. The lowest BCUT2D eigenvalue weighted by Crippen LogP contribution is -2.35. The Morgan fingerprint density at radius 1 is 0.893 bits per heavy atom. The molecule has 0 aromatic heterocycles. The lowest BCUT2D eigenvalue weighted by atomic mass is 9.85. The third kappa shape index (κ3) is 6.60. The Morgan fingerprint density at radius 3 is 2.14 bits per heavy atom. The van der Waals surface area contributed by atoms with E-state index in [0.29, 0.717) is 6.54 Å². The Kier molecular flexibility index (Phi) is 7.86. The fourth-order valence-electron chi connectivity index (χ4n) is 4.22. The van der Waals surface area contributed by atoms with E-state index in [-0.39, 0.29) is 23.8 Å². The molecule has 1 aliphatic heterocycles. The Morgan fingerprint density at radius 2 is 1.50 bits per heavy atom. The number of carbonyl (C=O) groups excluding carboxylic acids is 2. The minimum Gasteiger partial charge on any atom is -0.328 e. The Hall–Kier alpha value is -1.92. The first-order valence-corrected chi connectivity index (χ1v) is 10.8. The molecule has 0 bridgehead atoms. The molecule has 6 nitrogen and oxygen atoms in total. The predicted octanol–water partition coefficient (Wildman–Crippen LogP) is 3.35. The van der Waals surface area contributed by atoms with E-state index in [1.54, 1.807) is 0 Å². The number of nitrogens with two attached hydrogens (primary N) is 1. The van der Waals surface area contributed by atoms with Crippen LogP contribution in [0.3, 0.4) is 0 Å². The maximum absolute atomic E-state index is 12.4. The molecule has 1 saturated carbocycles. The molecule has 2 amide bonds. The predicted molar refractivity (Wildman–Crippen MR) is 113 cm³/mol. The van der Waals surface area contributed by atoms with Crippen molar-refractivity contribution in [2.24, 2.45) is 11.7 Å². The second-order valence-electron chi connectivity index (χ2n) is 8.28. The number of hydrogen-bond donors (Lipinski definition) is 3. The molecule has 6 heteroatoms. The average Bonchev–Trinajstić information content (AvgIpc) is 2.65. The first-order valence-electron chi connectivity index (χ1n) is 10.8. The molecule has 1 aliphatic carbocycles. The van der Waals surface area contributed by atoms with Gasteiger partial charge in [0, 0.05) is 23.3 Å². The van der Waals surface area contributed by atoms with Crippen molar-refractivity contribution in [3.63, 3.8) is 0 Å². The van der Waals surface area contributed by atoms with Gasteiger partial charge >= 0.3 is 0 Å². The van der Waals surface area contributed by atoms with Crippen molar-refractivity contribution in [2.45, 2.75) is 63.8 Å². The lowest BCUT2D eigenvalue weighted by molar-refractivity contribution is -0.121. The van der Waals surface area contributed by atoms with Crippen molar-refractivity contribution in [3.8, 4) is 0 Å². The van der Waals surface area contributed by atoms with Crippen molar-refractivity contribution in [3.05, 3.63) is 24.3 Å². The Bertz CT molecular complexity index is 638. The van der Waals surface area contributed by atoms with Crippen molar-refractivity contribution < 1.29 is 9.59 Å². The van der Waals surface area contributed by atoms with Gasteiger partial charge in [-0.15, -0.1) is 0 Å². The minimum atomic E-state index is 0.000883. The van der Waals surface area contributed by atoms with Crippen LogP contribution in [0.2, 0.25) is 0 Å². The fourth-order valence-corrected chi connectivity index (χ4v) is 4.22. The van der Waals surface area contributed by atoms with Crippen LogP contribution in [0.5, 0.6) is 0 Å². The molecule has 2 atom stereocenters. The number of amides is 2. The summed E-state index contributed by atoms with van der Waals surface area (Å²) in [4.78, 5) is 27.0.